The number of hydrogen-bond donors (Lipinski definition) is 2. The van der Waals surface area contributed by atoms with Gasteiger partial charge in [-0.2, -0.15) is 0 Å². The number of hydrogen-bond acceptors (Lipinski definition) is 4. The maximum absolute atomic E-state index is 12.7. The summed E-state index contributed by atoms with van der Waals surface area (Å²) in [7, 11) is 1.59. The van der Waals surface area contributed by atoms with E-state index in [9.17, 15) is 9.59 Å². The van der Waals surface area contributed by atoms with Crippen molar-refractivity contribution in [1.82, 2.24) is 5.32 Å². The second-order valence-corrected chi connectivity index (χ2v) is 7.90. The molecule has 0 radical (unpaired) electrons. The minimum Gasteiger partial charge on any atom is -0.497 e. The summed E-state index contributed by atoms with van der Waals surface area (Å²) < 4.78 is 5.17. The van der Waals surface area contributed by atoms with Gasteiger partial charge in [0.2, 0.25) is 11.8 Å². The van der Waals surface area contributed by atoms with Gasteiger partial charge in [-0.05, 0) is 55.2 Å². The molecule has 2 N–H and O–H groups in total. The van der Waals surface area contributed by atoms with Gasteiger partial charge in [0.25, 0.3) is 0 Å². The fraction of sp³-hybridized carbons (Fsp3) is 0.391. The molecule has 0 spiro atoms. The van der Waals surface area contributed by atoms with Gasteiger partial charge in [0.05, 0.1) is 30.3 Å². The Hall–Kier alpha value is -2.73. The average Bonchev–Trinajstić information content (AvgIpc) is 2.74. The van der Waals surface area contributed by atoms with Crippen molar-refractivity contribution < 1.29 is 14.3 Å². The smallest absolute Gasteiger partial charge is 0.226 e. The van der Waals surface area contributed by atoms with Crippen LogP contribution in [0.4, 0.5) is 11.4 Å². The van der Waals surface area contributed by atoms with Crippen LogP contribution in [0.3, 0.4) is 0 Å². The lowest BCUT2D eigenvalue weighted by atomic mass is 10.0. The summed E-state index contributed by atoms with van der Waals surface area (Å²) in [5, 5.41) is 6.36. The van der Waals surface area contributed by atoms with Crippen LogP contribution in [0.5, 0.6) is 5.75 Å². The lowest BCUT2D eigenvalue weighted by Crippen LogP contribution is -2.30. The SMILES string of the molecule is COc1ccc(C(CC(=O)Nc2ccc(N3CCCCC3)c(Cl)c2)NC(C)=O)cc1. The molecule has 1 aliphatic heterocycles. The number of nitrogens with one attached hydrogen (secondary N) is 2. The topological polar surface area (TPSA) is 70.7 Å². The van der Waals surface area contributed by atoms with Crippen molar-refractivity contribution >= 4 is 34.8 Å². The number of methoxy groups -OCH3 is 1. The van der Waals surface area contributed by atoms with Crippen LogP contribution < -0.4 is 20.3 Å². The Morgan fingerprint density at radius 3 is 2.40 bits per heavy atom. The maximum Gasteiger partial charge on any atom is 0.226 e. The number of ether oxygens (including phenoxy) is 1. The van der Waals surface area contributed by atoms with Gasteiger partial charge >= 0.3 is 0 Å². The summed E-state index contributed by atoms with van der Waals surface area (Å²) in [6.45, 7) is 3.45. The zero-order valence-electron chi connectivity index (χ0n) is 17.4. The molecule has 2 aromatic carbocycles. The molecule has 0 aromatic heterocycles. The summed E-state index contributed by atoms with van der Waals surface area (Å²) in [5.74, 6) is 0.317. The van der Waals surface area contributed by atoms with Gasteiger partial charge in [0, 0.05) is 25.7 Å². The Labute approximate surface area is 182 Å². The summed E-state index contributed by atoms with van der Waals surface area (Å²) in [6.07, 6.45) is 3.71. The second-order valence-electron chi connectivity index (χ2n) is 7.49. The average molecular weight is 430 g/mol. The van der Waals surface area contributed by atoms with Gasteiger partial charge in [-0.1, -0.05) is 23.7 Å². The number of nitrogens with zero attached hydrogens (tertiary/aromatic N) is 1. The summed E-state index contributed by atoms with van der Waals surface area (Å²) in [4.78, 5) is 26.6. The van der Waals surface area contributed by atoms with E-state index < -0.39 is 6.04 Å². The Morgan fingerprint density at radius 2 is 1.80 bits per heavy atom. The first-order chi connectivity index (χ1) is 14.5. The number of piperidine rings is 1. The molecule has 2 aromatic rings. The molecule has 1 unspecified atom stereocenters. The van der Waals surface area contributed by atoms with E-state index in [4.69, 9.17) is 16.3 Å². The van der Waals surface area contributed by atoms with Crippen molar-refractivity contribution in [2.24, 2.45) is 0 Å². The van der Waals surface area contributed by atoms with Gasteiger partial charge in [0.1, 0.15) is 5.75 Å². The molecule has 2 amide bonds. The predicted molar refractivity (Wildman–Crippen MR) is 120 cm³/mol. The van der Waals surface area contributed by atoms with Crippen LogP contribution in [0.25, 0.3) is 0 Å². The van der Waals surface area contributed by atoms with Gasteiger partial charge in [0.15, 0.2) is 0 Å². The summed E-state index contributed by atoms with van der Waals surface area (Å²) >= 11 is 6.48. The third-order valence-corrected chi connectivity index (χ3v) is 5.52. The highest BCUT2D eigenvalue weighted by Gasteiger charge is 2.19. The quantitative estimate of drug-likeness (QED) is 0.677. The minimum atomic E-state index is -0.434. The number of rotatable bonds is 7. The molecule has 1 atom stereocenters. The molecule has 160 valence electrons. The molecule has 1 fully saturated rings. The van der Waals surface area contributed by atoms with Crippen LogP contribution in [-0.4, -0.2) is 32.0 Å². The second kappa shape index (κ2) is 10.3. The molecule has 3 rings (SSSR count). The van der Waals surface area contributed by atoms with Crippen molar-refractivity contribution in [1.29, 1.82) is 0 Å². The highest BCUT2D eigenvalue weighted by Crippen LogP contribution is 2.31. The van der Waals surface area contributed by atoms with E-state index in [0.717, 1.165) is 24.3 Å². The lowest BCUT2D eigenvalue weighted by molar-refractivity contribution is -0.120. The van der Waals surface area contributed by atoms with Crippen LogP contribution in [-0.2, 0) is 9.59 Å². The number of anilines is 2. The molecule has 0 aliphatic carbocycles. The molecule has 1 saturated heterocycles. The van der Waals surface area contributed by atoms with E-state index in [1.165, 1.54) is 26.2 Å². The normalized spacial score (nSPS) is 14.7. The maximum atomic E-state index is 12.7. The van der Waals surface area contributed by atoms with Crippen molar-refractivity contribution in [3.63, 3.8) is 0 Å². The fourth-order valence-corrected chi connectivity index (χ4v) is 4.01. The largest absolute Gasteiger partial charge is 0.497 e. The molecular formula is C23H28ClN3O3. The Kier molecular flexibility index (Phi) is 7.57. The van der Waals surface area contributed by atoms with Crippen molar-refractivity contribution in [3.05, 3.63) is 53.1 Å². The third-order valence-electron chi connectivity index (χ3n) is 5.21. The number of carbonyl (C=O) groups is 2. The zero-order valence-corrected chi connectivity index (χ0v) is 18.2. The van der Waals surface area contributed by atoms with Crippen LogP contribution in [0.2, 0.25) is 5.02 Å². The first-order valence-corrected chi connectivity index (χ1v) is 10.6. The Bertz CT molecular complexity index is 880. The standard InChI is InChI=1S/C23H28ClN3O3/c1-16(28)25-21(17-6-9-19(30-2)10-7-17)15-23(29)26-18-8-11-22(20(24)14-18)27-12-4-3-5-13-27/h6-11,14,21H,3-5,12-13,15H2,1-2H3,(H,25,28)(H,26,29). The van der Waals surface area contributed by atoms with E-state index in [1.54, 1.807) is 25.3 Å². The lowest BCUT2D eigenvalue weighted by Gasteiger charge is -2.29. The molecule has 30 heavy (non-hydrogen) atoms. The van der Waals surface area contributed by atoms with Crippen LogP contribution in [0, 0.1) is 0 Å². The van der Waals surface area contributed by atoms with Gasteiger partial charge in [-0.15, -0.1) is 0 Å². The van der Waals surface area contributed by atoms with Crippen LogP contribution in [0.15, 0.2) is 42.5 Å². The molecular weight excluding hydrogens is 402 g/mol. The van der Waals surface area contributed by atoms with E-state index in [2.05, 4.69) is 15.5 Å². The molecule has 0 bridgehead atoms. The van der Waals surface area contributed by atoms with Gasteiger partial charge in [-0.25, -0.2) is 0 Å². The van der Waals surface area contributed by atoms with Crippen LogP contribution >= 0.6 is 11.6 Å². The van der Waals surface area contributed by atoms with Crippen molar-refractivity contribution in [2.45, 2.75) is 38.6 Å². The molecule has 1 aliphatic rings. The molecule has 6 nitrogen and oxygen atoms in total. The minimum absolute atomic E-state index is 0.109. The summed E-state index contributed by atoms with van der Waals surface area (Å²) in [6, 6.07) is 12.5. The number of carbonyl (C=O) groups excluding carboxylic acids is 2. The van der Waals surface area contributed by atoms with Crippen LogP contribution in [0.1, 0.15) is 44.2 Å². The first kappa shape index (κ1) is 22.0. The van der Waals surface area contributed by atoms with Crippen molar-refractivity contribution in [3.8, 4) is 5.75 Å². The fourth-order valence-electron chi connectivity index (χ4n) is 3.71. The highest BCUT2D eigenvalue weighted by atomic mass is 35.5. The van der Waals surface area contributed by atoms with E-state index in [0.29, 0.717) is 16.5 Å². The third kappa shape index (κ3) is 5.89. The zero-order chi connectivity index (χ0) is 21.5. The summed E-state index contributed by atoms with van der Waals surface area (Å²) in [5.41, 5.74) is 2.48. The number of halogens is 1. The predicted octanol–water partition coefficient (Wildman–Crippen LogP) is 4.54. The molecule has 1 heterocycles. The Balaban J connectivity index is 1.67. The number of benzene rings is 2. The van der Waals surface area contributed by atoms with Gasteiger partial charge in [-0.3, -0.25) is 9.59 Å². The van der Waals surface area contributed by atoms with Gasteiger partial charge < -0.3 is 20.3 Å². The first-order valence-electron chi connectivity index (χ1n) is 10.2. The highest BCUT2D eigenvalue weighted by molar-refractivity contribution is 6.33. The monoisotopic (exact) mass is 429 g/mol. The van der Waals surface area contributed by atoms with E-state index in [1.807, 2.05) is 24.3 Å². The molecule has 0 saturated carbocycles. The van der Waals surface area contributed by atoms with E-state index >= 15 is 0 Å². The van der Waals surface area contributed by atoms with Crippen molar-refractivity contribution in [2.75, 3.05) is 30.4 Å². The molecule has 7 heteroatoms. The Morgan fingerprint density at radius 1 is 1.10 bits per heavy atom. The number of amides is 2. The van der Waals surface area contributed by atoms with E-state index in [-0.39, 0.29) is 18.2 Å².